The van der Waals surface area contributed by atoms with Crippen molar-refractivity contribution >= 4 is 21.8 Å². The molecular formula is C30H48N4O6S. The minimum absolute atomic E-state index is 0.00524. The summed E-state index contributed by atoms with van der Waals surface area (Å²) in [6.07, 6.45) is 0.472. The van der Waals surface area contributed by atoms with Crippen LogP contribution < -0.4 is 10.6 Å². The Kier molecular flexibility index (Phi) is 10.0. The van der Waals surface area contributed by atoms with Gasteiger partial charge < -0.3 is 20.5 Å². The first-order chi connectivity index (χ1) is 19.2. The number of nitrogens with zero attached hydrogens (tertiary/aromatic N) is 2. The number of sulfone groups is 1. The lowest BCUT2D eigenvalue weighted by molar-refractivity contribution is -0.131. The fourth-order valence-corrected chi connectivity index (χ4v) is 8.47. The second-order valence-corrected chi connectivity index (χ2v) is 15.6. The number of piperazine rings is 1. The third-order valence-electron chi connectivity index (χ3n) is 8.26. The van der Waals surface area contributed by atoms with E-state index in [1.807, 2.05) is 69.9 Å². The molecule has 1 aromatic carbocycles. The highest BCUT2D eigenvalue weighted by molar-refractivity contribution is 7.92. The fraction of sp³-hybridized carbons (Fsp3) is 0.733. The van der Waals surface area contributed by atoms with Crippen molar-refractivity contribution in [1.82, 2.24) is 20.4 Å². The molecule has 3 N–H and O–H groups in total. The van der Waals surface area contributed by atoms with Crippen LogP contribution >= 0.6 is 0 Å². The average molecular weight is 593 g/mol. The quantitative estimate of drug-likeness (QED) is 0.376. The molecular weight excluding hydrogens is 544 g/mol. The number of aliphatic hydroxyl groups is 1. The Labute approximate surface area is 245 Å². The van der Waals surface area contributed by atoms with E-state index < -0.39 is 45.5 Å². The normalized spacial score (nSPS) is 26.9. The number of amides is 2. The van der Waals surface area contributed by atoms with Gasteiger partial charge in [0.05, 0.1) is 17.9 Å². The summed E-state index contributed by atoms with van der Waals surface area (Å²) in [4.78, 5) is 30.9. The number of hydrogen-bond donors (Lipinski definition) is 3. The molecule has 11 heteroatoms. The maximum Gasteiger partial charge on any atom is 0.407 e. The molecule has 10 nitrogen and oxygen atoms in total. The summed E-state index contributed by atoms with van der Waals surface area (Å²) in [6.45, 7) is 11.8. The molecule has 1 saturated carbocycles. The number of carbonyl (C=O) groups is 2. The molecule has 2 amide bonds. The zero-order valence-corrected chi connectivity index (χ0v) is 25.9. The van der Waals surface area contributed by atoms with E-state index in [2.05, 4.69) is 15.5 Å². The first-order valence-corrected chi connectivity index (χ1v) is 16.7. The number of alkyl carbamates (subject to hydrolysis) is 1. The predicted octanol–water partition coefficient (Wildman–Crippen LogP) is 1.96. The van der Waals surface area contributed by atoms with Crippen molar-refractivity contribution in [2.24, 2.45) is 5.92 Å². The third kappa shape index (κ3) is 8.65. The van der Waals surface area contributed by atoms with Gasteiger partial charge in [-0.15, -0.1) is 0 Å². The number of rotatable bonds is 10. The molecule has 0 spiro atoms. The maximum atomic E-state index is 13.4. The van der Waals surface area contributed by atoms with E-state index in [0.29, 0.717) is 25.6 Å². The highest BCUT2D eigenvalue weighted by atomic mass is 32.2. The molecule has 0 radical (unpaired) electrons. The molecule has 1 unspecified atom stereocenters. The minimum Gasteiger partial charge on any atom is -0.445 e. The lowest BCUT2D eigenvalue weighted by Gasteiger charge is -2.43. The maximum absolute atomic E-state index is 13.4. The van der Waals surface area contributed by atoms with Crippen LogP contribution in [0.4, 0.5) is 4.79 Å². The highest BCUT2D eigenvalue weighted by Gasteiger charge is 2.45. The molecule has 0 aromatic heterocycles. The Morgan fingerprint density at radius 3 is 2.39 bits per heavy atom. The summed E-state index contributed by atoms with van der Waals surface area (Å²) in [5.74, 6) is -0.255. The molecule has 2 heterocycles. The number of hydrogen-bond acceptors (Lipinski definition) is 8. The van der Waals surface area contributed by atoms with Gasteiger partial charge in [0.2, 0.25) is 5.91 Å². The van der Waals surface area contributed by atoms with Crippen molar-refractivity contribution in [3.63, 3.8) is 0 Å². The van der Waals surface area contributed by atoms with Crippen LogP contribution in [0.25, 0.3) is 0 Å². The molecule has 3 aliphatic rings. The summed E-state index contributed by atoms with van der Waals surface area (Å²) in [5, 5.41) is 16.7. The van der Waals surface area contributed by atoms with E-state index in [4.69, 9.17) is 4.74 Å². The molecule has 4 rings (SSSR count). The van der Waals surface area contributed by atoms with Gasteiger partial charge >= 0.3 is 6.09 Å². The van der Waals surface area contributed by atoms with E-state index in [1.165, 1.54) is 0 Å². The third-order valence-corrected chi connectivity index (χ3v) is 10.7. The van der Waals surface area contributed by atoms with Gasteiger partial charge in [0.15, 0.2) is 9.84 Å². The summed E-state index contributed by atoms with van der Waals surface area (Å²) < 4.78 is 30.7. The van der Waals surface area contributed by atoms with Crippen molar-refractivity contribution in [1.29, 1.82) is 0 Å². The highest BCUT2D eigenvalue weighted by Crippen LogP contribution is 2.30. The predicted molar refractivity (Wildman–Crippen MR) is 158 cm³/mol. The van der Waals surface area contributed by atoms with Gasteiger partial charge in [-0.2, -0.15) is 0 Å². The Hall–Kier alpha value is -2.21. The van der Waals surface area contributed by atoms with E-state index in [-0.39, 0.29) is 36.1 Å². The molecule has 5 atom stereocenters. The molecule has 1 aromatic rings. The number of nitrogens with one attached hydrogen (secondary N) is 2. The second-order valence-electron chi connectivity index (χ2n) is 13.3. The minimum atomic E-state index is -3.33. The zero-order valence-electron chi connectivity index (χ0n) is 25.1. The smallest absolute Gasteiger partial charge is 0.407 e. The van der Waals surface area contributed by atoms with Crippen LogP contribution in [0, 0.1) is 5.92 Å². The standard InChI is InChI=1S/C30H48N4O6S/c1-20(2)27-26(13-16-41(27,38)39)40-29(37)31-23(17-21-9-7-6-8-10-21)25(35)19-34-15-14-33(22-11-12-22)18-24(34)28(36)32-30(3,4)5/h6-10,20,22-27,35H,11-19H2,1-5H3,(H,31,37)(H,32,36)/t23-,24?,25+,26+,27+/m0/s1. The Morgan fingerprint density at radius 2 is 1.78 bits per heavy atom. The van der Waals surface area contributed by atoms with E-state index in [9.17, 15) is 23.1 Å². The van der Waals surface area contributed by atoms with E-state index in [1.54, 1.807) is 0 Å². The Morgan fingerprint density at radius 1 is 1.10 bits per heavy atom. The van der Waals surface area contributed by atoms with Crippen LogP contribution in [-0.4, -0.2) is 108 Å². The summed E-state index contributed by atoms with van der Waals surface area (Å²) in [6, 6.07) is 8.98. The van der Waals surface area contributed by atoms with Gasteiger partial charge in [-0.3, -0.25) is 14.6 Å². The van der Waals surface area contributed by atoms with Gasteiger partial charge in [-0.25, -0.2) is 13.2 Å². The van der Waals surface area contributed by atoms with Gasteiger partial charge in [0.1, 0.15) is 17.4 Å². The largest absolute Gasteiger partial charge is 0.445 e. The summed E-state index contributed by atoms with van der Waals surface area (Å²) >= 11 is 0. The monoisotopic (exact) mass is 592 g/mol. The van der Waals surface area contributed by atoms with Gasteiger partial charge in [-0.1, -0.05) is 44.2 Å². The van der Waals surface area contributed by atoms with Crippen LogP contribution in [-0.2, 0) is 25.8 Å². The van der Waals surface area contributed by atoms with Crippen LogP contribution in [0.15, 0.2) is 30.3 Å². The number of β-amino-alcohol motifs (C(OH)–C–C–N with tert-alkyl or cyclic N) is 1. The molecule has 230 valence electrons. The van der Waals surface area contributed by atoms with Crippen LogP contribution in [0.5, 0.6) is 0 Å². The molecule has 0 bridgehead atoms. The average Bonchev–Trinajstić information content (AvgIpc) is 3.67. The fourth-order valence-electron chi connectivity index (χ4n) is 6.16. The van der Waals surface area contributed by atoms with Gasteiger partial charge in [0.25, 0.3) is 0 Å². The Balaban J connectivity index is 1.47. The van der Waals surface area contributed by atoms with Crippen LogP contribution in [0.2, 0.25) is 0 Å². The molecule has 1 aliphatic carbocycles. The lowest BCUT2D eigenvalue weighted by Crippen LogP contribution is -2.63. The SMILES string of the molecule is CC(C)[C@@H]1[C@H](OC(=O)N[C@@H](Cc2ccccc2)[C@H](O)CN2CCN(C3CC3)CC2C(=O)NC(C)(C)C)CCS1(=O)=O. The molecule has 3 fully saturated rings. The van der Waals surface area contributed by atoms with Gasteiger partial charge in [0, 0.05) is 37.8 Å². The zero-order chi connectivity index (χ0) is 29.9. The van der Waals surface area contributed by atoms with Crippen LogP contribution in [0.1, 0.15) is 59.4 Å². The summed E-state index contributed by atoms with van der Waals surface area (Å²) in [5.41, 5.74) is 0.548. The van der Waals surface area contributed by atoms with E-state index >= 15 is 0 Å². The lowest BCUT2D eigenvalue weighted by atomic mass is 9.99. The topological polar surface area (TPSA) is 128 Å². The van der Waals surface area contributed by atoms with Crippen molar-refractivity contribution < 1.29 is 27.9 Å². The van der Waals surface area contributed by atoms with Crippen molar-refractivity contribution in [3.05, 3.63) is 35.9 Å². The van der Waals surface area contributed by atoms with Gasteiger partial charge in [-0.05, 0) is 57.9 Å². The van der Waals surface area contributed by atoms with Crippen molar-refractivity contribution in [3.8, 4) is 0 Å². The molecule has 41 heavy (non-hydrogen) atoms. The molecule has 2 saturated heterocycles. The number of aliphatic hydroxyl groups excluding tert-OH is 1. The number of carbonyl (C=O) groups excluding carboxylic acids is 2. The van der Waals surface area contributed by atoms with Crippen molar-refractivity contribution in [2.75, 3.05) is 31.9 Å². The second kappa shape index (κ2) is 13.0. The number of ether oxygens (including phenoxy) is 1. The first-order valence-electron chi connectivity index (χ1n) is 14.9. The Bertz CT molecular complexity index is 1150. The van der Waals surface area contributed by atoms with Crippen molar-refractivity contribution in [2.45, 2.75) is 101 Å². The van der Waals surface area contributed by atoms with E-state index in [0.717, 1.165) is 24.9 Å². The summed E-state index contributed by atoms with van der Waals surface area (Å²) in [7, 11) is -3.33. The first kappa shape index (κ1) is 31.7. The van der Waals surface area contributed by atoms with Crippen LogP contribution in [0.3, 0.4) is 0 Å². The molecule has 2 aliphatic heterocycles. The number of benzene rings is 1.